The van der Waals surface area contributed by atoms with E-state index in [4.69, 9.17) is 15.2 Å². The van der Waals surface area contributed by atoms with Gasteiger partial charge in [-0.25, -0.2) is 4.98 Å². The van der Waals surface area contributed by atoms with Gasteiger partial charge in [-0.15, -0.1) is 0 Å². The van der Waals surface area contributed by atoms with Gasteiger partial charge in [0, 0.05) is 39.0 Å². The smallest absolute Gasteiger partial charge is 0.228 e. The van der Waals surface area contributed by atoms with Crippen molar-refractivity contribution in [3.63, 3.8) is 0 Å². The Kier molecular flexibility index (Phi) is 6.38. The number of methoxy groups -OCH3 is 1. The van der Waals surface area contributed by atoms with Crippen molar-refractivity contribution in [1.29, 1.82) is 0 Å². The molecule has 0 spiro atoms. The molecule has 6 nitrogen and oxygen atoms in total. The molecule has 1 rings (SSSR count). The second-order valence-electron chi connectivity index (χ2n) is 4.13. The first kappa shape index (κ1) is 14.7. The van der Waals surface area contributed by atoms with Crippen LogP contribution in [0.2, 0.25) is 0 Å². The Morgan fingerprint density at radius 3 is 2.78 bits per heavy atom. The molecule has 0 radical (unpaired) electrons. The molecule has 0 aliphatic heterocycles. The van der Waals surface area contributed by atoms with Crippen molar-refractivity contribution in [2.75, 3.05) is 38.3 Å². The van der Waals surface area contributed by atoms with E-state index in [9.17, 15) is 0 Å². The highest BCUT2D eigenvalue weighted by Crippen LogP contribution is 2.13. The van der Waals surface area contributed by atoms with Crippen LogP contribution in [-0.4, -0.2) is 49.4 Å². The molecule has 2 N–H and O–H groups in total. The number of hydrogen-bond acceptors (Lipinski definition) is 6. The van der Waals surface area contributed by atoms with E-state index >= 15 is 0 Å². The normalized spacial score (nSPS) is 10.7. The molecule has 0 bridgehead atoms. The van der Waals surface area contributed by atoms with Crippen LogP contribution < -0.4 is 15.4 Å². The van der Waals surface area contributed by atoms with Crippen molar-refractivity contribution in [2.24, 2.45) is 5.73 Å². The molecule has 1 heterocycles. The molecule has 1 aromatic heterocycles. The molecule has 0 aliphatic carbocycles. The van der Waals surface area contributed by atoms with Crippen molar-refractivity contribution in [3.8, 4) is 5.88 Å². The first-order chi connectivity index (χ1) is 8.67. The van der Waals surface area contributed by atoms with Crippen molar-refractivity contribution in [3.05, 3.63) is 12.3 Å². The van der Waals surface area contributed by atoms with Crippen LogP contribution in [-0.2, 0) is 4.74 Å². The predicted molar refractivity (Wildman–Crippen MR) is 70.9 cm³/mol. The molecule has 0 saturated carbocycles. The van der Waals surface area contributed by atoms with Gasteiger partial charge in [-0.05, 0) is 13.8 Å². The summed E-state index contributed by atoms with van der Waals surface area (Å²) >= 11 is 0. The summed E-state index contributed by atoms with van der Waals surface area (Å²) < 4.78 is 10.6. The fourth-order valence-corrected chi connectivity index (χ4v) is 1.46. The SMILES string of the molecule is COCCN(CCN)c1nccc(OC(C)C)n1. The van der Waals surface area contributed by atoms with E-state index in [-0.39, 0.29) is 6.10 Å². The number of aromatic nitrogens is 2. The van der Waals surface area contributed by atoms with E-state index < -0.39 is 0 Å². The van der Waals surface area contributed by atoms with Crippen LogP contribution in [0.4, 0.5) is 5.95 Å². The molecular formula is C12H22N4O2. The molecule has 0 amide bonds. The Morgan fingerprint density at radius 2 is 2.17 bits per heavy atom. The van der Waals surface area contributed by atoms with Crippen LogP contribution in [0, 0.1) is 0 Å². The quantitative estimate of drug-likeness (QED) is 0.735. The number of anilines is 1. The highest BCUT2D eigenvalue weighted by molar-refractivity contribution is 5.32. The zero-order chi connectivity index (χ0) is 13.4. The molecule has 0 unspecified atom stereocenters. The maximum absolute atomic E-state index is 5.59. The monoisotopic (exact) mass is 254 g/mol. The molecule has 0 aromatic carbocycles. The van der Waals surface area contributed by atoms with Crippen molar-refractivity contribution < 1.29 is 9.47 Å². The average Bonchev–Trinajstić information content (AvgIpc) is 2.34. The highest BCUT2D eigenvalue weighted by atomic mass is 16.5. The van der Waals surface area contributed by atoms with Gasteiger partial charge < -0.3 is 20.1 Å². The van der Waals surface area contributed by atoms with E-state index in [0.29, 0.717) is 38.1 Å². The minimum Gasteiger partial charge on any atom is -0.475 e. The lowest BCUT2D eigenvalue weighted by Gasteiger charge is -2.21. The zero-order valence-corrected chi connectivity index (χ0v) is 11.3. The van der Waals surface area contributed by atoms with E-state index in [1.807, 2.05) is 18.7 Å². The average molecular weight is 254 g/mol. The van der Waals surface area contributed by atoms with Gasteiger partial charge in [-0.1, -0.05) is 0 Å². The van der Waals surface area contributed by atoms with Gasteiger partial charge in [-0.2, -0.15) is 4.98 Å². The largest absolute Gasteiger partial charge is 0.475 e. The number of nitrogens with two attached hydrogens (primary N) is 1. The van der Waals surface area contributed by atoms with E-state index in [0.717, 1.165) is 0 Å². The summed E-state index contributed by atoms with van der Waals surface area (Å²) in [7, 11) is 1.67. The molecule has 0 atom stereocenters. The summed E-state index contributed by atoms with van der Waals surface area (Å²) in [6.45, 7) is 6.48. The van der Waals surface area contributed by atoms with Gasteiger partial charge in [0.2, 0.25) is 11.8 Å². The second kappa shape index (κ2) is 7.84. The third-order valence-corrected chi connectivity index (χ3v) is 2.22. The van der Waals surface area contributed by atoms with E-state index in [2.05, 4.69) is 9.97 Å². The third-order valence-electron chi connectivity index (χ3n) is 2.22. The first-order valence-electron chi connectivity index (χ1n) is 6.11. The minimum atomic E-state index is 0.0923. The Labute approximate surface area is 108 Å². The lowest BCUT2D eigenvalue weighted by molar-refractivity contribution is 0.204. The van der Waals surface area contributed by atoms with Crippen LogP contribution in [0.3, 0.4) is 0 Å². The lowest BCUT2D eigenvalue weighted by Crippen LogP contribution is -2.33. The fourth-order valence-electron chi connectivity index (χ4n) is 1.46. The molecule has 0 fully saturated rings. The predicted octanol–water partition coefficient (Wildman–Crippen LogP) is 0.675. The maximum atomic E-state index is 5.59. The summed E-state index contributed by atoms with van der Waals surface area (Å²) in [4.78, 5) is 10.6. The molecule has 18 heavy (non-hydrogen) atoms. The fraction of sp³-hybridized carbons (Fsp3) is 0.667. The summed E-state index contributed by atoms with van der Waals surface area (Å²) in [5.74, 6) is 1.20. The highest BCUT2D eigenvalue weighted by Gasteiger charge is 2.10. The Morgan fingerprint density at radius 1 is 1.39 bits per heavy atom. The number of rotatable bonds is 8. The topological polar surface area (TPSA) is 73.5 Å². The molecule has 0 aliphatic rings. The van der Waals surface area contributed by atoms with Gasteiger partial charge in [0.15, 0.2) is 0 Å². The van der Waals surface area contributed by atoms with E-state index in [1.165, 1.54) is 0 Å². The van der Waals surface area contributed by atoms with Crippen LogP contribution in [0.15, 0.2) is 12.3 Å². The first-order valence-corrected chi connectivity index (χ1v) is 6.11. The maximum Gasteiger partial charge on any atom is 0.228 e. The van der Waals surface area contributed by atoms with Gasteiger partial charge in [-0.3, -0.25) is 0 Å². The van der Waals surface area contributed by atoms with Crippen molar-refractivity contribution in [2.45, 2.75) is 20.0 Å². The molecular weight excluding hydrogens is 232 g/mol. The molecule has 0 saturated heterocycles. The molecule has 1 aromatic rings. The Balaban J connectivity index is 2.76. The van der Waals surface area contributed by atoms with Crippen molar-refractivity contribution in [1.82, 2.24) is 9.97 Å². The zero-order valence-electron chi connectivity index (χ0n) is 11.3. The second-order valence-corrected chi connectivity index (χ2v) is 4.13. The minimum absolute atomic E-state index is 0.0923. The van der Waals surface area contributed by atoms with Crippen LogP contribution in [0.25, 0.3) is 0 Å². The summed E-state index contributed by atoms with van der Waals surface area (Å²) in [6, 6.07) is 1.75. The standard InChI is InChI=1S/C12H22N4O2/c1-10(2)18-11-4-6-14-12(15-11)16(7-5-13)8-9-17-3/h4,6,10H,5,7-9,13H2,1-3H3. The van der Waals surface area contributed by atoms with E-state index in [1.54, 1.807) is 19.4 Å². The Hall–Kier alpha value is -1.40. The lowest BCUT2D eigenvalue weighted by atomic mass is 10.4. The van der Waals surface area contributed by atoms with Gasteiger partial charge in [0.05, 0.1) is 12.7 Å². The third kappa shape index (κ3) is 4.85. The number of hydrogen-bond donors (Lipinski definition) is 1. The molecule has 6 heteroatoms. The number of ether oxygens (including phenoxy) is 2. The van der Waals surface area contributed by atoms with Crippen LogP contribution in [0.1, 0.15) is 13.8 Å². The van der Waals surface area contributed by atoms with Crippen LogP contribution >= 0.6 is 0 Å². The Bertz CT molecular complexity index is 347. The van der Waals surface area contributed by atoms with Gasteiger partial charge >= 0.3 is 0 Å². The molecule has 102 valence electrons. The van der Waals surface area contributed by atoms with Crippen LogP contribution in [0.5, 0.6) is 5.88 Å². The number of nitrogens with zero attached hydrogens (tertiary/aromatic N) is 3. The summed E-state index contributed by atoms with van der Waals surface area (Å²) in [5, 5.41) is 0. The van der Waals surface area contributed by atoms with Gasteiger partial charge in [0.1, 0.15) is 0 Å². The summed E-state index contributed by atoms with van der Waals surface area (Å²) in [5.41, 5.74) is 5.59. The van der Waals surface area contributed by atoms with Crippen molar-refractivity contribution >= 4 is 5.95 Å². The van der Waals surface area contributed by atoms with Gasteiger partial charge in [0.25, 0.3) is 0 Å². The summed E-state index contributed by atoms with van der Waals surface area (Å²) in [6.07, 6.45) is 1.78.